The average molecular weight is 275 g/mol. The molecule has 0 aliphatic rings. The number of aromatic amines is 1. The Hall–Kier alpha value is -2.83. The molecule has 0 aliphatic carbocycles. The number of rotatable bonds is 5. The third-order valence-corrected chi connectivity index (χ3v) is 2.48. The number of anilines is 1. The van der Waals surface area contributed by atoms with E-state index >= 15 is 0 Å². The van der Waals surface area contributed by atoms with E-state index in [1.54, 1.807) is 31.2 Å². The van der Waals surface area contributed by atoms with Crippen LogP contribution >= 0.6 is 0 Å². The van der Waals surface area contributed by atoms with E-state index in [9.17, 15) is 9.59 Å². The van der Waals surface area contributed by atoms with Crippen LogP contribution in [0.15, 0.2) is 36.4 Å². The lowest BCUT2D eigenvalue weighted by Gasteiger charge is -2.13. The second-order valence-electron chi connectivity index (χ2n) is 4.03. The van der Waals surface area contributed by atoms with E-state index < -0.39 is 18.0 Å². The molecular formula is C13H13N3O4. The highest BCUT2D eigenvalue weighted by Crippen LogP contribution is 2.12. The van der Waals surface area contributed by atoms with Gasteiger partial charge < -0.3 is 15.2 Å². The Balaban J connectivity index is 1.95. The molecule has 0 aliphatic heterocycles. The van der Waals surface area contributed by atoms with Crippen LogP contribution in [-0.2, 0) is 4.79 Å². The number of aromatic nitrogens is 2. The first-order valence-corrected chi connectivity index (χ1v) is 5.87. The molecule has 0 saturated carbocycles. The smallest absolute Gasteiger partial charge is 0.353 e. The van der Waals surface area contributed by atoms with E-state index in [4.69, 9.17) is 9.84 Å². The second-order valence-corrected chi connectivity index (χ2v) is 4.03. The number of hydrogen-bond donors (Lipinski definition) is 3. The molecular weight excluding hydrogens is 262 g/mol. The molecule has 7 heteroatoms. The van der Waals surface area contributed by atoms with Crippen molar-refractivity contribution in [3.05, 3.63) is 42.1 Å². The molecule has 1 aromatic heterocycles. The summed E-state index contributed by atoms with van der Waals surface area (Å²) in [7, 11) is 0. The summed E-state index contributed by atoms with van der Waals surface area (Å²) >= 11 is 0. The maximum absolute atomic E-state index is 11.9. The third-order valence-electron chi connectivity index (χ3n) is 2.48. The number of H-pyrrole nitrogens is 1. The van der Waals surface area contributed by atoms with Crippen molar-refractivity contribution in [2.75, 3.05) is 5.32 Å². The lowest BCUT2D eigenvalue weighted by molar-refractivity contribution is -0.122. The van der Waals surface area contributed by atoms with Crippen LogP contribution in [0.3, 0.4) is 0 Å². The van der Waals surface area contributed by atoms with Gasteiger partial charge in [-0.25, -0.2) is 4.79 Å². The minimum absolute atomic E-state index is 0.100. The minimum atomic E-state index is -1.15. The SMILES string of the molecule is CC(Oc1ccccc1)C(=O)Nc1cc(C(=O)O)[nH]n1. The van der Waals surface area contributed by atoms with E-state index in [1.807, 2.05) is 6.07 Å². The monoisotopic (exact) mass is 275 g/mol. The highest BCUT2D eigenvalue weighted by Gasteiger charge is 2.17. The van der Waals surface area contributed by atoms with E-state index in [0.29, 0.717) is 5.75 Å². The van der Waals surface area contributed by atoms with E-state index in [0.717, 1.165) is 0 Å². The van der Waals surface area contributed by atoms with Crippen LogP contribution in [0, 0.1) is 0 Å². The van der Waals surface area contributed by atoms with Gasteiger partial charge in [-0.2, -0.15) is 5.10 Å². The number of hydrogen-bond acceptors (Lipinski definition) is 4. The first-order chi connectivity index (χ1) is 9.56. The Kier molecular flexibility index (Phi) is 3.99. The van der Waals surface area contributed by atoms with Gasteiger partial charge in [0.2, 0.25) is 0 Å². The summed E-state index contributed by atoms with van der Waals surface area (Å²) < 4.78 is 5.44. The molecule has 0 spiro atoms. The Bertz CT molecular complexity index is 609. The van der Waals surface area contributed by atoms with Gasteiger partial charge in [0.25, 0.3) is 5.91 Å². The average Bonchev–Trinajstić information content (AvgIpc) is 2.88. The van der Waals surface area contributed by atoms with Gasteiger partial charge in [0, 0.05) is 6.07 Å². The molecule has 2 aromatic rings. The van der Waals surface area contributed by atoms with Crippen molar-refractivity contribution in [3.8, 4) is 5.75 Å². The van der Waals surface area contributed by atoms with Crippen molar-refractivity contribution in [2.24, 2.45) is 0 Å². The number of carboxylic acid groups (broad SMARTS) is 1. The van der Waals surface area contributed by atoms with Crippen molar-refractivity contribution < 1.29 is 19.4 Å². The first kappa shape index (κ1) is 13.6. The minimum Gasteiger partial charge on any atom is -0.481 e. The zero-order valence-corrected chi connectivity index (χ0v) is 10.7. The first-order valence-electron chi connectivity index (χ1n) is 5.87. The second kappa shape index (κ2) is 5.87. The van der Waals surface area contributed by atoms with Crippen molar-refractivity contribution >= 4 is 17.7 Å². The molecule has 20 heavy (non-hydrogen) atoms. The summed E-state index contributed by atoms with van der Waals surface area (Å²) in [5, 5.41) is 17.2. The molecule has 1 heterocycles. The number of carbonyl (C=O) groups excluding carboxylic acids is 1. The topological polar surface area (TPSA) is 104 Å². The van der Waals surface area contributed by atoms with E-state index in [-0.39, 0.29) is 11.5 Å². The zero-order chi connectivity index (χ0) is 14.5. The van der Waals surface area contributed by atoms with Crippen LogP contribution in [0.2, 0.25) is 0 Å². The molecule has 104 valence electrons. The normalized spacial score (nSPS) is 11.7. The molecule has 0 saturated heterocycles. The Labute approximate surface area is 114 Å². The summed E-state index contributed by atoms with van der Waals surface area (Å²) in [5.74, 6) is -0.858. The number of carbonyl (C=O) groups is 2. The number of carboxylic acids is 1. The van der Waals surface area contributed by atoms with Crippen LogP contribution in [0.25, 0.3) is 0 Å². The summed E-state index contributed by atoms with van der Waals surface area (Å²) in [6.45, 7) is 1.59. The van der Waals surface area contributed by atoms with E-state index in [2.05, 4.69) is 15.5 Å². The number of benzene rings is 1. The summed E-state index contributed by atoms with van der Waals surface area (Å²) in [6.07, 6.45) is -0.734. The Morgan fingerprint density at radius 1 is 1.35 bits per heavy atom. The van der Waals surface area contributed by atoms with E-state index in [1.165, 1.54) is 6.07 Å². The molecule has 7 nitrogen and oxygen atoms in total. The zero-order valence-electron chi connectivity index (χ0n) is 10.7. The molecule has 2 rings (SSSR count). The van der Waals surface area contributed by atoms with Gasteiger partial charge in [0.1, 0.15) is 11.4 Å². The number of para-hydroxylation sites is 1. The van der Waals surface area contributed by atoms with Gasteiger partial charge in [-0.1, -0.05) is 18.2 Å². The van der Waals surface area contributed by atoms with Crippen LogP contribution in [-0.4, -0.2) is 33.3 Å². The van der Waals surface area contributed by atoms with Crippen molar-refractivity contribution in [2.45, 2.75) is 13.0 Å². The lowest BCUT2D eigenvalue weighted by Crippen LogP contribution is -2.30. The molecule has 0 radical (unpaired) electrons. The number of ether oxygens (including phenoxy) is 1. The quantitative estimate of drug-likeness (QED) is 0.767. The van der Waals surface area contributed by atoms with Crippen LogP contribution < -0.4 is 10.1 Å². The van der Waals surface area contributed by atoms with Gasteiger partial charge in [0.05, 0.1) is 0 Å². The Morgan fingerprint density at radius 3 is 2.65 bits per heavy atom. The van der Waals surface area contributed by atoms with Gasteiger partial charge in [-0.15, -0.1) is 0 Å². The maximum atomic E-state index is 11.9. The summed E-state index contributed by atoms with van der Waals surface area (Å²) in [5.41, 5.74) is -0.100. The molecule has 0 fully saturated rings. The molecule has 1 unspecified atom stereocenters. The Morgan fingerprint density at radius 2 is 2.05 bits per heavy atom. The molecule has 1 atom stereocenters. The number of aromatic carboxylic acids is 1. The number of nitrogens with zero attached hydrogens (tertiary/aromatic N) is 1. The standard InChI is InChI=1S/C13H13N3O4/c1-8(20-9-5-3-2-4-6-9)12(17)14-11-7-10(13(18)19)15-16-11/h2-8H,1H3,(H,18,19)(H2,14,15,16,17). The maximum Gasteiger partial charge on any atom is 0.353 e. The fraction of sp³-hybridized carbons (Fsp3) is 0.154. The predicted octanol–water partition coefficient (Wildman–Crippen LogP) is 1.51. The van der Waals surface area contributed by atoms with Crippen molar-refractivity contribution in [3.63, 3.8) is 0 Å². The number of amides is 1. The van der Waals surface area contributed by atoms with Gasteiger partial charge >= 0.3 is 5.97 Å². The summed E-state index contributed by atoms with van der Waals surface area (Å²) in [6, 6.07) is 10.1. The van der Waals surface area contributed by atoms with Crippen LogP contribution in [0.1, 0.15) is 17.4 Å². The molecule has 0 bridgehead atoms. The highest BCUT2D eigenvalue weighted by molar-refractivity contribution is 5.94. The lowest BCUT2D eigenvalue weighted by atomic mass is 10.3. The molecule has 3 N–H and O–H groups in total. The molecule has 1 amide bonds. The predicted molar refractivity (Wildman–Crippen MR) is 70.7 cm³/mol. The largest absolute Gasteiger partial charge is 0.481 e. The fourth-order valence-corrected chi connectivity index (χ4v) is 1.48. The van der Waals surface area contributed by atoms with Crippen molar-refractivity contribution in [1.82, 2.24) is 10.2 Å². The fourth-order valence-electron chi connectivity index (χ4n) is 1.48. The van der Waals surface area contributed by atoms with Crippen LogP contribution in [0.4, 0.5) is 5.82 Å². The summed E-state index contributed by atoms with van der Waals surface area (Å²) in [4.78, 5) is 22.5. The molecule has 1 aromatic carbocycles. The van der Waals surface area contributed by atoms with Crippen LogP contribution in [0.5, 0.6) is 5.75 Å². The highest BCUT2D eigenvalue weighted by atomic mass is 16.5. The van der Waals surface area contributed by atoms with Gasteiger partial charge in [-0.3, -0.25) is 9.89 Å². The number of nitrogens with one attached hydrogen (secondary N) is 2. The van der Waals surface area contributed by atoms with Gasteiger partial charge in [0.15, 0.2) is 11.9 Å². The van der Waals surface area contributed by atoms with Gasteiger partial charge in [-0.05, 0) is 19.1 Å². The third kappa shape index (κ3) is 3.35. The van der Waals surface area contributed by atoms with Crippen molar-refractivity contribution in [1.29, 1.82) is 0 Å².